The number of hydrogen-bond acceptors (Lipinski definition) is 3. The van der Waals surface area contributed by atoms with Crippen LogP contribution in [-0.2, 0) is 12.8 Å². The lowest BCUT2D eigenvalue weighted by molar-refractivity contribution is 0.319. The third-order valence-electron chi connectivity index (χ3n) is 3.82. The summed E-state index contributed by atoms with van der Waals surface area (Å²) < 4.78 is 0. The molecule has 0 bridgehead atoms. The Bertz CT molecular complexity index is 682. The van der Waals surface area contributed by atoms with E-state index < -0.39 is 0 Å². The minimum atomic E-state index is 0.699. The largest absolute Gasteiger partial charge is 0.411 e. The standard InChI is InChI=1S/C16H17NOS/c1-9-6-10(2)13-5-4-12-8-15(11(3)17-18)19-16(12)14(13)7-9/h6-8,18H,4-5H2,1-3H3/b17-11-. The fourth-order valence-electron chi connectivity index (χ4n) is 2.86. The quantitative estimate of drug-likeness (QED) is 0.467. The van der Waals surface area contributed by atoms with Crippen molar-refractivity contribution in [1.82, 2.24) is 0 Å². The molecule has 1 aliphatic carbocycles. The summed E-state index contributed by atoms with van der Waals surface area (Å²) in [5.41, 5.74) is 7.64. The van der Waals surface area contributed by atoms with Crippen molar-refractivity contribution < 1.29 is 5.21 Å². The summed E-state index contributed by atoms with van der Waals surface area (Å²) in [4.78, 5) is 2.42. The van der Waals surface area contributed by atoms with Crippen molar-refractivity contribution in [3.05, 3.63) is 45.3 Å². The Hall–Kier alpha value is -1.61. The van der Waals surface area contributed by atoms with Gasteiger partial charge in [0.05, 0.1) is 10.6 Å². The first-order valence-corrected chi connectivity index (χ1v) is 7.34. The zero-order valence-corrected chi connectivity index (χ0v) is 12.3. The van der Waals surface area contributed by atoms with Crippen LogP contribution in [0, 0.1) is 13.8 Å². The van der Waals surface area contributed by atoms with E-state index in [9.17, 15) is 0 Å². The summed E-state index contributed by atoms with van der Waals surface area (Å²) in [5, 5.41) is 12.2. The summed E-state index contributed by atoms with van der Waals surface area (Å²) in [6.45, 7) is 6.20. The molecule has 0 saturated carbocycles. The minimum Gasteiger partial charge on any atom is -0.411 e. The minimum absolute atomic E-state index is 0.699. The van der Waals surface area contributed by atoms with Gasteiger partial charge in [-0.2, -0.15) is 0 Å². The van der Waals surface area contributed by atoms with E-state index in [1.54, 1.807) is 11.3 Å². The van der Waals surface area contributed by atoms with Gasteiger partial charge in [0, 0.05) is 4.88 Å². The fraction of sp³-hybridized carbons (Fsp3) is 0.312. The SMILES string of the molecule is C/C(=N/O)c1cc2c(s1)-c1cc(C)cc(C)c1CC2. The molecule has 98 valence electrons. The van der Waals surface area contributed by atoms with E-state index in [4.69, 9.17) is 5.21 Å². The maximum Gasteiger partial charge on any atom is 0.0936 e. The van der Waals surface area contributed by atoms with Crippen LogP contribution in [0.15, 0.2) is 23.4 Å². The number of hydrogen-bond donors (Lipinski definition) is 1. The molecule has 3 rings (SSSR count). The second-order valence-electron chi connectivity index (χ2n) is 5.26. The van der Waals surface area contributed by atoms with Gasteiger partial charge in [0.1, 0.15) is 0 Å². The predicted molar refractivity (Wildman–Crippen MR) is 80.6 cm³/mol. The van der Waals surface area contributed by atoms with E-state index in [1.807, 2.05) is 6.92 Å². The Labute approximate surface area is 117 Å². The van der Waals surface area contributed by atoms with E-state index in [1.165, 1.54) is 32.7 Å². The molecule has 0 amide bonds. The molecular weight excluding hydrogens is 254 g/mol. The molecule has 0 radical (unpaired) electrons. The lowest BCUT2D eigenvalue weighted by Gasteiger charge is -2.19. The van der Waals surface area contributed by atoms with Crippen LogP contribution in [0.4, 0.5) is 0 Å². The third kappa shape index (κ3) is 1.98. The molecule has 1 aliphatic rings. The summed E-state index contributed by atoms with van der Waals surface area (Å²) >= 11 is 1.74. The summed E-state index contributed by atoms with van der Waals surface area (Å²) in [6, 6.07) is 6.72. The molecule has 0 atom stereocenters. The van der Waals surface area contributed by atoms with E-state index in [0.717, 1.165) is 17.7 Å². The molecule has 1 heterocycles. The highest BCUT2D eigenvalue weighted by Crippen LogP contribution is 2.41. The molecule has 0 saturated heterocycles. The Kier molecular flexibility index (Phi) is 2.94. The fourth-order valence-corrected chi connectivity index (χ4v) is 4.06. The van der Waals surface area contributed by atoms with Gasteiger partial charge in [-0.1, -0.05) is 22.9 Å². The van der Waals surface area contributed by atoms with E-state index in [0.29, 0.717) is 5.71 Å². The van der Waals surface area contributed by atoms with Crippen molar-refractivity contribution in [3.8, 4) is 10.4 Å². The van der Waals surface area contributed by atoms with Crippen molar-refractivity contribution in [2.24, 2.45) is 5.16 Å². The molecule has 0 fully saturated rings. The first-order valence-electron chi connectivity index (χ1n) is 6.52. The zero-order chi connectivity index (χ0) is 13.6. The monoisotopic (exact) mass is 271 g/mol. The second kappa shape index (κ2) is 4.49. The number of thiophene rings is 1. The molecule has 1 N–H and O–H groups in total. The molecule has 19 heavy (non-hydrogen) atoms. The smallest absolute Gasteiger partial charge is 0.0936 e. The second-order valence-corrected chi connectivity index (χ2v) is 6.31. The van der Waals surface area contributed by atoms with Crippen LogP contribution in [-0.4, -0.2) is 10.9 Å². The normalized spacial score (nSPS) is 14.2. The average molecular weight is 271 g/mol. The Morgan fingerprint density at radius 3 is 2.74 bits per heavy atom. The van der Waals surface area contributed by atoms with Crippen LogP contribution in [0.2, 0.25) is 0 Å². The molecule has 3 heteroatoms. The summed E-state index contributed by atoms with van der Waals surface area (Å²) in [5.74, 6) is 0. The maximum atomic E-state index is 8.93. The number of fused-ring (bicyclic) bond motifs is 3. The maximum absolute atomic E-state index is 8.93. The number of benzene rings is 1. The van der Waals surface area contributed by atoms with Crippen LogP contribution in [0.1, 0.15) is 34.1 Å². The lowest BCUT2D eigenvalue weighted by atomic mass is 9.87. The van der Waals surface area contributed by atoms with Crippen LogP contribution >= 0.6 is 11.3 Å². The highest BCUT2D eigenvalue weighted by Gasteiger charge is 2.21. The van der Waals surface area contributed by atoms with Crippen LogP contribution in [0.25, 0.3) is 10.4 Å². The van der Waals surface area contributed by atoms with Gasteiger partial charge in [0.15, 0.2) is 0 Å². The molecule has 0 aliphatic heterocycles. The molecule has 1 aromatic heterocycles. The Morgan fingerprint density at radius 2 is 2.00 bits per heavy atom. The first kappa shape index (κ1) is 12.4. The van der Waals surface area contributed by atoms with Crippen molar-refractivity contribution >= 4 is 17.0 Å². The predicted octanol–water partition coefficient (Wildman–Crippen LogP) is 4.33. The first-order chi connectivity index (χ1) is 9.10. The highest BCUT2D eigenvalue weighted by atomic mass is 32.1. The van der Waals surface area contributed by atoms with Gasteiger partial charge in [0.2, 0.25) is 0 Å². The number of aryl methyl sites for hydroxylation is 3. The van der Waals surface area contributed by atoms with Gasteiger partial charge in [-0.25, -0.2) is 0 Å². The number of rotatable bonds is 1. The third-order valence-corrected chi connectivity index (χ3v) is 5.14. The van der Waals surface area contributed by atoms with Gasteiger partial charge in [-0.15, -0.1) is 11.3 Å². The van der Waals surface area contributed by atoms with Crippen LogP contribution in [0.3, 0.4) is 0 Å². The van der Waals surface area contributed by atoms with Crippen molar-refractivity contribution in [2.75, 3.05) is 0 Å². The molecule has 2 nitrogen and oxygen atoms in total. The van der Waals surface area contributed by atoms with E-state index >= 15 is 0 Å². The Balaban J connectivity index is 2.21. The van der Waals surface area contributed by atoms with Gasteiger partial charge in [-0.05, 0) is 61.9 Å². The number of oxime groups is 1. The van der Waals surface area contributed by atoms with E-state index in [-0.39, 0.29) is 0 Å². The van der Waals surface area contributed by atoms with Crippen LogP contribution in [0.5, 0.6) is 0 Å². The summed E-state index contributed by atoms with van der Waals surface area (Å²) in [7, 11) is 0. The lowest BCUT2D eigenvalue weighted by Crippen LogP contribution is -2.03. The van der Waals surface area contributed by atoms with Gasteiger partial charge in [0.25, 0.3) is 0 Å². The molecular formula is C16H17NOS. The van der Waals surface area contributed by atoms with Crippen molar-refractivity contribution in [2.45, 2.75) is 33.6 Å². The van der Waals surface area contributed by atoms with Crippen LogP contribution < -0.4 is 0 Å². The molecule has 2 aromatic rings. The molecule has 1 aromatic carbocycles. The summed E-state index contributed by atoms with van der Waals surface area (Å²) in [6.07, 6.45) is 2.20. The van der Waals surface area contributed by atoms with Gasteiger partial charge < -0.3 is 5.21 Å². The van der Waals surface area contributed by atoms with Gasteiger partial charge in [-0.3, -0.25) is 0 Å². The van der Waals surface area contributed by atoms with E-state index in [2.05, 4.69) is 37.2 Å². The topological polar surface area (TPSA) is 32.6 Å². The average Bonchev–Trinajstić information content (AvgIpc) is 2.81. The molecule has 0 spiro atoms. The zero-order valence-electron chi connectivity index (χ0n) is 11.4. The van der Waals surface area contributed by atoms with Crippen molar-refractivity contribution in [3.63, 3.8) is 0 Å². The number of nitrogens with zero attached hydrogens (tertiary/aromatic N) is 1. The highest BCUT2D eigenvalue weighted by molar-refractivity contribution is 7.17. The Morgan fingerprint density at radius 1 is 1.21 bits per heavy atom. The van der Waals surface area contributed by atoms with Crippen molar-refractivity contribution in [1.29, 1.82) is 0 Å². The van der Waals surface area contributed by atoms with Gasteiger partial charge >= 0.3 is 0 Å². The molecule has 0 unspecified atom stereocenters.